The standard InChI is InChI=1S/C9H15NO/c1-3-5-6-9-10-8(4-2)7-11-9/h7H,3-6H2,1-2H3. The number of unbranched alkanes of at least 4 members (excludes halogenated alkanes) is 1. The highest BCUT2D eigenvalue weighted by molar-refractivity contribution is 4.95. The highest BCUT2D eigenvalue weighted by Crippen LogP contribution is 2.05. The molecule has 0 aromatic carbocycles. The van der Waals surface area contributed by atoms with Gasteiger partial charge in [-0.3, -0.25) is 0 Å². The van der Waals surface area contributed by atoms with E-state index in [0.717, 1.165) is 24.4 Å². The summed E-state index contributed by atoms with van der Waals surface area (Å²) in [6.45, 7) is 4.26. The van der Waals surface area contributed by atoms with Gasteiger partial charge in [0, 0.05) is 6.42 Å². The topological polar surface area (TPSA) is 26.0 Å². The summed E-state index contributed by atoms with van der Waals surface area (Å²) in [6.07, 6.45) is 6.07. The third-order valence-electron chi connectivity index (χ3n) is 1.71. The minimum Gasteiger partial charge on any atom is -0.449 e. The van der Waals surface area contributed by atoms with Crippen molar-refractivity contribution in [2.24, 2.45) is 0 Å². The molecule has 0 fully saturated rings. The molecule has 2 nitrogen and oxygen atoms in total. The van der Waals surface area contributed by atoms with E-state index in [1.807, 2.05) is 0 Å². The van der Waals surface area contributed by atoms with E-state index in [1.165, 1.54) is 12.8 Å². The maximum atomic E-state index is 5.25. The smallest absolute Gasteiger partial charge is 0.194 e. The van der Waals surface area contributed by atoms with Crippen LogP contribution in [0.15, 0.2) is 10.7 Å². The molecular formula is C9H15NO. The van der Waals surface area contributed by atoms with Gasteiger partial charge in [-0.2, -0.15) is 0 Å². The molecule has 0 aliphatic carbocycles. The van der Waals surface area contributed by atoms with Crippen LogP contribution in [0, 0.1) is 0 Å². The van der Waals surface area contributed by atoms with E-state index < -0.39 is 0 Å². The zero-order chi connectivity index (χ0) is 8.10. The number of nitrogens with zero attached hydrogens (tertiary/aromatic N) is 1. The van der Waals surface area contributed by atoms with Gasteiger partial charge in [0.25, 0.3) is 0 Å². The molecule has 11 heavy (non-hydrogen) atoms. The van der Waals surface area contributed by atoms with Gasteiger partial charge in [0.1, 0.15) is 6.26 Å². The maximum absolute atomic E-state index is 5.25. The number of hydrogen-bond acceptors (Lipinski definition) is 2. The number of oxazole rings is 1. The number of hydrogen-bond donors (Lipinski definition) is 0. The van der Waals surface area contributed by atoms with Crippen LogP contribution in [-0.2, 0) is 12.8 Å². The molecule has 0 amide bonds. The number of rotatable bonds is 4. The molecule has 1 rings (SSSR count). The van der Waals surface area contributed by atoms with Gasteiger partial charge in [0.2, 0.25) is 0 Å². The van der Waals surface area contributed by atoms with Crippen molar-refractivity contribution in [3.8, 4) is 0 Å². The maximum Gasteiger partial charge on any atom is 0.194 e. The minimum absolute atomic E-state index is 0.892. The normalized spacial score (nSPS) is 10.4. The van der Waals surface area contributed by atoms with Crippen LogP contribution in [0.1, 0.15) is 38.3 Å². The van der Waals surface area contributed by atoms with E-state index in [4.69, 9.17) is 4.42 Å². The van der Waals surface area contributed by atoms with Gasteiger partial charge >= 0.3 is 0 Å². The van der Waals surface area contributed by atoms with E-state index in [-0.39, 0.29) is 0 Å². The van der Waals surface area contributed by atoms with E-state index in [2.05, 4.69) is 18.8 Å². The zero-order valence-corrected chi connectivity index (χ0v) is 7.26. The van der Waals surface area contributed by atoms with Gasteiger partial charge in [0.05, 0.1) is 5.69 Å². The fourth-order valence-corrected chi connectivity index (χ4v) is 0.954. The first-order valence-electron chi connectivity index (χ1n) is 4.30. The quantitative estimate of drug-likeness (QED) is 0.664. The molecule has 0 aliphatic rings. The Hall–Kier alpha value is -0.790. The van der Waals surface area contributed by atoms with Crippen molar-refractivity contribution in [2.45, 2.75) is 39.5 Å². The first kappa shape index (κ1) is 8.31. The van der Waals surface area contributed by atoms with Gasteiger partial charge in [-0.05, 0) is 12.8 Å². The third-order valence-corrected chi connectivity index (χ3v) is 1.71. The lowest BCUT2D eigenvalue weighted by atomic mass is 10.2. The Morgan fingerprint density at radius 2 is 2.27 bits per heavy atom. The second kappa shape index (κ2) is 4.16. The largest absolute Gasteiger partial charge is 0.449 e. The van der Waals surface area contributed by atoms with E-state index >= 15 is 0 Å². The van der Waals surface area contributed by atoms with Crippen molar-refractivity contribution in [1.82, 2.24) is 4.98 Å². The lowest BCUT2D eigenvalue weighted by Gasteiger charge is -1.89. The SMILES string of the molecule is CCCCc1nc(CC)co1. The highest BCUT2D eigenvalue weighted by Gasteiger charge is 1.99. The van der Waals surface area contributed by atoms with E-state index in [1.54, 1.807) is 6.26 Å². The van der Waals surface area contributed by atoms with Crippen molar-refractivity contribution < 1.29 is 4.42 Å². The van der Waals surface area contributed by atoms with Gasteiger partial charge < -0.3 is 4.42 Å². The molecule has 2 heteroatoms. The van der Waals surface area contributed by atoms with Crippen LogP contribution < -0.4 is 0 Å². The van der Waals surface area contributed by atoms with Gasteiger partial charge in [-0.1, -0.05) is 20.3 Å². The molecule has 62 valence electrons. The molecule has 0 unspecified atom stereocenters. The van der Waals surface area contributed by atoms with Crippen molar-refractivity contribution in [3.63, 3.8) is 0 Å². The van der Waals surface area contributed by atoms with Gasteiger partial charge in [-0.15, -0.1) is 0 Å². The molecule has 0 aliphatic heterocycles. The van der Waals surface area contributed by atoms with Gasteiger partial charge in [0.15, 0.2) is 5.89 Å². The molecule has 0 radical (unpaired) electrons. The molecule has 1 heterocycles. The zero-order valence-electron chi connectivity index (χ0n) is 7.26. The second-order valence-electron chi connectivity index (χ2n) is 2.69. The predicted octanol–water partition coefficient (Wildman–Crippen LogP) is 2.58. The van der Waals surface area contributed by atoms with Crippen molar-refractivity contribution in [1.29, 1.82) is 0 Å². The monoisotopic (exact) mass is 153 g/mol. The van der Waals surface area contributed by atoms with Crippen LogP contribution >= 0.6 is 0 Å². The minimum atomic E-state index is 0.892. The van der Waals surface area contributed by atoms with Crippen LogP contribution in [0.5, 0.6) is 0 Å². The third kappa shape index (κ3) is 2.37. The average Bonchev–Trinajstić information content (AvgIpc) is 2.48. The molecule has 0 atom stereocenters. The molecule has 0 saturated heterocycles. The summed E-state index contributed by atoms with van der Waals surface area (Å²) in [5.74, 6) is 0.892. The summed E-state index contributed by atoms with van der Waals surface area (Å²) >= 11 is 0. The van der Waals surface area contributed by atoms with Crippen LogP contribution in [0.3, 0.4) is 0 Å². The van der Waals surface area contributed by atoms with E-state index in [9.17, 15) is 0 Å². The van der Waals surface area contributed by atoms with Crippen molar-refractivity contribution in [2.75, 3.05) is 0 Å². The van der Waals surface area contributed by atoms with Crippen molar-refractivity contribution in [3.05, 3.63) is 17.8 Å². The van der Waals surface area contributed by atoms with E-state index in [0.29, 0.717) is 0 Å². The van der Waals surface area contributed by atoms with Crippen LogP contribution in [-0.4, -0.2) is 4.98 Å². The average molecular weight is 153 g/mol. The summed E-state index contributed by atoms with van der Waals surface area (Å²) in [5, 5.41) is 0. The Balaban J connectivity index is 2.44. The Morgan fingerprint density at radius 1 is 1.45 bits per heavy atom. The van der Waals surface area contributed by atoms with Crippen LogP contribution in [0.25, 0.3) is 0 Å². The molecule has 0 bridgehead atoms. The first-order valence-corrected chi connectivity index (χ1v) is 4.30. The Kier molecular flexibility index (Phi) is 3.14. The molecule has 1 aromatic rings. The Bertz CT molecular complexity index is 205. The second-order valence-corrected chi connectivity index (χ2v) is 2.69. The fourth-order valence-electron chi connectivity index (χ4n) is 0.954. The Morgan fingerprint density at radius 3 is 2.82 bits per heavy atom. The summed E-state index contributed by atoms with van der Waals surface area (Å²) in [4.78, 5) is 4.30. The number of aromatic nitrogens is 1. The fraction of sp³-hybridized carbons (Fsp3) is 0.667. The van der Waals surface area contributed by atoms with Gasteiger partial charge in [-0.25, -0.2) is 4.98 Å². The Labute approximate surface area is 67.6 Å². The van der Waals surface area contributed by atoms with Crippen molar-refractivity contribution >= 4 is 0 Å². The molecule has 1 aromatic heterocycles. The highest BCUT2D eigenvalue weighted by atomic mass is 16.3. The number of aryl methyl sites for hydroxylation is 2. The summed E-state index contributed by atoms with van der Waals surface area (Å²) < 4.78 is 5.25. The predicted molar refractivity (Wildman–Crippen MR) is 44.5 cm³/mol. The lowest BCUT2D eigenvalue weighted by Crippen LogP contribution is -1.85. The summed E-state index contributed by atoms with van der Waals surface area (Å²) in [6, 6.07) is 0. The van der Waals surface area contributed by atoms with Crippen LogP contribution in [0.4, 0.5) is 0 Å². The molecule has 0 spiro atoms. The first-order chi connectivity index (χ1) is 5.36. The molecule has 0 N–H and O–H groups in total. The summed E-state index contributed by atoms with van der Waals surface area (Å²) in [7, 11) is 0. The summed E-state index contributed by atoms with van der Waals surface area (Å²) in [5.41, 5.74) is 1.07. The molecule has 0 saturated carbocycles. The van der Waals surface area contributed by atoms with Crippen LogP contribution in [0.2, 0.25) is 0 Å². The molecular weight excluding hydrogens is 138 g/mol. The lowest BCUT2D eigenvalue weighted by molar-refractivity contribution is 0.485.